The minimum atomic E-state index is -0.337. The first-order valence-electron chi connectivity index (χ1n) is 5.91. The molecule has 2 heterocycles. The van der Waals surface area contributed by atoms with E-state index in [4.69, 9.17) is 4.74 Å². The number of fused-ring (bicyclic) bond motifs is 1. The highest BCUT2D eigenvalue weighted by Crippen LogP contribution is 2.28. The first-order valence-corrected chi connectivity index (χ1v) is 5.91. The minimum Gasteiger partial charge on any atom is -0.492 e. The van der Waals surface area contributed by atoms with E-state index >= 15 is 0 Å². The molecule has 0 spiro atoms. The van der Waals surface area contributed by atoms with Crippen molar-refractivity contribution in [2.45, 2.75) is 12.5 Å². The number of hydrogen-bond acceptors (Lipinski definition) is 3. The number of rotatable bonds is 1. The predicted molar refractivity (Wildman–Crippen MR) is 61.7 cm³/mol. The summed E-state index contributed by atoms with van der Waals surface area (Å²) in [5, 5.41) is 9.20. The van der Waals surface area contributed by atoms with Gasteiger partial charge in [0.05, 0.1) is 12.0 Å². The van der Waals surface area contributed by atoms with Crippen LogP contribution in [0, 0.1) is 5.92 Å². The Balaban J connectivity index is 1.69. The lowest BCUT2D eigenvalue weighted by molar-refractivity contribution is -0.147. The van der Waals surface area contributed by atoms with Crippen LogP contribution in [0.5, 0.6) is 5.75 Å². The van der Waals surface area contributed by atoms with E-state index in [1.807, 2.05) is 24.3 Å². The van der Waals surface area contributed by atoms with Gasteiger partial charge in [0.1, 0.15) is 12.4 Å². The third-order valence-corrected chi connectivity index (χ3v) is 3.40. The smallest absolute Gasteiger partial charge is 0.229 e. The number of nitrogens with zero attached hydrogens (tertiary/aromatic N) is 1. The normalized spacial score (nSPS) is 23.6. The zero-order valence-corrected chi connectivity index (χ0v) is 9.50. The number of benzene rings is 1. The second-order valence-corrected chi connectivity index (χ2v) is 4.72. The number of carbonyl (C=O) groups is 1. The summed E-state index contributed by atoms with van der Waals surface area (Å²) in [7, 11) is 0. The topological polar surface area (TPSA) is 49.8 Å². The number of para-hydroxylation sites is 1. The molecule has 0 bridgehead atoms. The van der Waals surface area contributed by atoms with Crippen molar-refractivity contribution in [1.29, 1.82) is 0 Å². The van der Waals surface area contributed by atoms with Crippen molar-refractivity contribution in [2.24, 2.45) is 5.92 Å². The van der Waals surface area contributed by atoms with Crippen molar-refractivity contribution >= 4 is 5.91 Å². The van der Waals surface area contributed by atoms with Crippen molar-refractivity contribution in [3.05, 3.63) is 29.8 Å². The van der Waals surface area contributed by atoms with Crippen LogP contribution in [0.4, 0.5) is 0 Å². The molecule has 17 heavy (non-hydrogen) atoms. The Labute approximate surface area is 99.8 Å². The molecular weight excluding hydrogens is 218 g/mol. The molecule has 1 unspecified atom stereocenters. The van der Waals surface area contributed by atoms with Crippen LogP contribution in [-0.4, -0.2) is 41.7 Å². The van der Waals surface area contributed by atoms with Crippen LogP contribution in [0.25, 0.3) is 0 Å². The molecule has 2 aliphatic rings. The van der Waals surface area contributed by atoms with Gasteiger partial charge in [-0.3, -0.25) is 4.79 Å². The first-order chi connectivity index (χ1) is 8.24. The molecule has 1 atom stereocenters. The van der Waals surface area contributed by atoms with Crippen LogP contribution in [0.1, 0.15) is 5.56 Å². The fraction of sp³-hybridized carbons (Fsp3) is 0.462. The molecule has 1 amide bonds. The Bertz CT molecular complexity index is 440. The molecular formula is C13H15NO3. The lowest BCUT2D eigenvalue weighted by atomic mass is 9.94. The average Bonchev–Trinajstić information content (AvgIpc) is 2.33. The number of aliphatic hydroxyl groups excluding tert-OH is 1. The van der Waals surface area contributed by atoms with Gasteiger partial charge in [-0.15, -0.1) is 0 Å². The molecule has 4 heteroatoms. The molecule has 2 aliphatic heterocycles. The van der Waals surface area contributed by atoms with E-state index in [0.717, 1.165) is 17.7 Å². The number of carbonyl (C=O) groups excluding carboxylic acids is 1. The van der Waals surface area contributed by atoms with E-state index in [0.29, 0.717) is 19.7 Å². The highest BCUT2D eigenvalue weighted by molar-refractivity contribution is 5.80. The summed E-state index contributed by atoms with van der Waals surface area (Å²) >= 11 is 0. The fourth-order valence-electron chi connectivity index (χ4n) is 2.38. The zero-order chi connectivity index (χ0) is 11.8. The van der Waals surface area contributed by atoms with E-state index in [2.05, 4.69) is 0 Å². The quantitative estimate of drug-likeness (QED) is 0.765. The van der Waals surface area contributed by atoms with Gasteiger partial charge in [-0.1, -0.05) is 18.2 Å². The fourth-order valence-corrected chi connectivity index (χ4v) is 2.38. The van der Waals surface area contributed by atoms with Gasteiger partial charge in [-0.05, 0) is 18.1 Å². The van der Waals surface area contributed by atoms with Gasteiger partial charge < -0.3 is 14.7 Å². The number of β-amino-alcohol motifs (C(OH)–C–C–N with tert-alkyl or cyclic N) is 1. The predicted octanol–water partition coefficient (Wildman–Crippen LogP) is 0.441. The number of ether oxygens (including phenoxy) is 1. The monoisotopic (exact) mass is 233 g/mol. The standard InChI is InChI=1S/C13H15NO3/c15-11-6-14(7-11)13(16)10-5-9-3-1-2-4-12(9)17-8-10/h1-4,10-11,15H,5-8H2. The lowest BCUT2D eigenvalue weighted by Gasteiger charge is -2.39. The van der Waals surface area contributed by atoms with Gasteiger partial charge in [0.2, 0.25) is 5.91 Å². The third kappa shape index (κ3) is 1.89. The molecule has 1 N–H and O–H groups in total. The summed E-state index contributed by atoms with van der Waals surface area (Å²) in [5.74, 6) is 0.891. The SMILES string of the molecule is O=C(C1COc2ccccc2C1)N1CC(O)C1. The Morgan fingerprint density at radius 1 is 1.35 bits per heavy atom. The minimum absolute atomic E-state index is 0.0996. The molecule has 0 aromatic heterocycles. The molecule has 1 fully saturated rings. The summed E-state index contributed by atoms with van der Waals surface area (Å²) in [6.07, 6.45) is 0.400. The first kappa shape index (κ1) is 10.6. The second kappa shape index (κ2) is 4.04. The largest absolute Gasteiger partial charge is 0.492 e. The summed E-state index contributed by atoms with van der Waals surface area (Å²) in [6.45, 7) is 1.39. The van der Waals surface area contributed by atoms with Gasteiger partial charge in [-0.2, -0.15) is 0 Å². The van der Waals surface area contributed by atoms with Crippen molar-refractivity contribution in [3.8, 4) is 5.75 Å². The molecule has 90 valence electrons. The van der Waals surface area contributed by atoms with Gasteiger partial charge in [-0.25, -0.2) is 0 Å². The molecule has 0 aliphatic carbocycles. The number of likely N-dealkylation sites (tertiary alicyclic amines) is 1. The van der Waals surface area contributed by atoms with E-state index in [-0.39, 0.29) is 17.9 Å². The molecule has 1 saturated heterocycles. The molecule has 4 nitrogen and oxygen atoms in total. The Hall–Kier alpha value is -1.55. The van der Waals surface area contributed by atoms with Gasteiger partial charge in [0.15, 0.2) is 0 Å². The van der Waals surface area contributed by atoms with Crippen LogP contribution >= 0.6 is 0 Å². The number of aliphatic hydroxyl groups is 1. The Morgan fingerprint density at radius 2 is 2.12 bits per heavy atom. The molecule has 0 radical (unpaired) electrons. The second-order valence-electron chi connectivity index (χ2n) is 4.72. The highest BCUT2D eigenvalue weighted by Gasteiger charge is 2.35. The van der Waals surface area contributed by atoms with Crippen molar-refractivity contribution in [3.63, 3.8) is 0 Å². The molecule has 1 aromatic rings. The molecule has 3 rings (SSSR count). The van der Waals surface area contributed by atoms with Crippen molar-refractivity contribution in [2.75, 3.05) is 19.7 Å². The van der Waals surface area contributed by atoms with Crippen molar-refractivity contribution in [1.82, 2.24) is 4.90 Å². The van der Waals surface area contributed by atoms with Crippen LogP contribution in [0.2, 0.25) is 0 Å². The van der Waals surface area contributed by atoms with Gasteiger partial charge >= 0.3 is 0 Å². The van der Waals surface area contributed by atoms with Crippen LogP contribution in [-0.2, 0) is 11.2 Å². The van der Waals surface area contributed by atoms with E-state index in [1.165, 1.54) is 0 Å². The van der Waals surface area contributed by atoms with Crippen molar-refractivity contribution < 1.29 is 14.6 Å². The number of hydrogen-bond donors (Lipinski definition) is 1. The maximum atomic E-state index is 12.1. The van der Waals surface area contributed by atoms with Crippen LogP contribution < -0.4 is 4.74 Å². The number of amides is 1. The molecule has 0 saturated carbocycles. The highest BCUT2D eigenvalue weighted by atomic mass is 16.5. The van der Waals surface area contributed by atoms with Crippen LogP contribution in [0.15, 0.2) is 24.3 Å². The zero-order valence-electron chi connectivity index (χ0n) is 9.50. The third-order valence-electron chi connectivity index (χ3n) is 3.40. The summed E-state index contributed by atoms with van der Waals surface area (Å²) in [6, 6.07) is 7.83. The maximum absolute atomic E-state index is 12.1. The summed E-state index contributed by atoms with van der Waals surface area (Å²) in [5.41, 5.74) is 1.10. The lowest BCUT2D eigenvalue weighted by Crippen LogP contribution is -2.56. The van der Waals surface area contributed by atoms with E-state index < -0.39 is 0 Å². The average molecular weight is 233 g/mol. The van der Waals surface area contributed by atoms with Gasteiger partial charge in [0.25, 0.3) is 0 Å². The summed E-state index contributed by atoms with van der Waals surface area (Å²) in [4.78, 5) is 13.8. The molecule has 1 aromatic carbocycles. The van der Waals surface area contributed by atoms with Gasteiger partial charge in [0, 0.05) is 13.1 Å². The maximum Gasteiger partial charge on any atom is 0.229 e. The van der Waals surface area contributed by atoms with E-state index in [1.54, 1.807) is 4.90 Å². The van der Waals surface area contributed by atoms with Crippen LogP contribution in [0.3, 0.4) is 0 Å². The van der Waals surface area contributed by atoms with E-state index in [9.17, 15) is 9.90 Å². The summed E-state index contributed by atoms with van der Waals surface area (Å²) < 4.78 is 5.59. The Morgan fingerprint density at radius 3 is 2.88 bits per heavy atom. The Kier molecular flexibility index (Phi) is 2.52.